The van der Waals surface area contributed by atoms with Crippen LogP contribution in [0.2, 0.25) is 0 Å². The van der Waals surface area contributed by atoms with Crippen LogP contribution >= 0.6 is 0 Å². The Bertz CT molecular complexity index is 536. The van der Waals surface area contributed by atoms with Gasteiger partial charge in [0.05, 0.1) is 10.8 Å². The summed E-state index contributed by atoms with van der Waals surface area (Å²) in [7, 11) is -3.60. The van der Waals surface area contributed by atoms with E-state index in [4.69, 9.17) is 0 Å². The molecule has 1 rings (SSSR count). The molecule has 0 bridgehead atoms. The van der Waals surface area contributed by atoms with Gasteiger partial charge in [0.1, 0.15) is 0 Å². The van der Waals surface area contributed by atoms with Crippen LogP contribution in [0.25, 0.3) is 0 Å². The molecule has 0 aliphatic carbocycles. The van der Waals surface area contributed by atoms with Crippen molar-refractivity contribution in [1.29, 1.82) is 0 Å². The van der Waals surface area contributed by atoms with Gasteiger partial charge in [-0.1, -0.05) is 0 Å². The number of hydrogen-bond acceptors (Lipinski definition) is 4. The highest BCUT2D eigenvalue weighted by Gasteiger charge is 2.20. The molecule has 6 heteroatoms. The largest absolute Gasteiger partial charge is 0.268 e. The van der Waals surface area contributed by atoms with Gasteiger partial charge < -0.3 is 0 Å². The first-order valence-electron chi connectivity index (χ1n) is 5.23. The summed E-state index contributed by atoms with van der Waals surface area (Å²) in [6, 6.07) is 1.73. The maximum absolute atomic E-state index is 11.8. The Morgan fingerprint density at radius 1 is 1.35 bits per heavy atom. The molecule has 5 nitrogen and oxygen atoms in total. The molecule has 1 aromatic rings. The number of amides is 1. The lowest BCUT2D eigenvalue weighted by molar-refractivity contribution is 0.0980. The van der Waals surface area contributed by atoms with Crippen LogP contribution in [0.15, 0.2) is 12.3 Å². The summed E-state index contributed by atoms with van der Waals surface area (Å²) >= 11 is 0. The molecule has 17 heavy (non-hydrogen) atoms. The molecule has 0 spiro atoms. The molecule has 1 aromatic heterocycles. The molecule has 94 valence electrons. The zero-order valence-electron chi connectivity index (χ0n) is 10.3. The minimum Gasteiger partial charge on any atom is -0.268 e. The number of aromatic nitrogens is 1. The van der Waals surface area contributed by atoms with Crippen molar-refractivity contribution in [1.82, 2.24) is 9.71 Å². The van der Waals surface area contributed by atoms with Gasteiger partial charge in [0.25, 0.3) is 5.91 Å². The van der Waals surface area contributed by atoms with Gasteiger partial charge >= 0.3 is 0 Å². The molecule has 0 aliphatic heterocycles. The molecule has 0 aliphatic rings. The Morgan fingerprint density at radius 3 is 2.41 bits per heavy atom. The van der Waals surface area contributed by atoms with Crippen molar-refractivity contribution in [2.24, 2.45) is 0 Å². The Labute approximate surface area is 101 Å². The lowest BCUT2D eigenvalue weighted by Crippen LogP contribution is -2.36. The Hall–Kier alpha value is -1.43. The van der Waals surface area contributed by atoms with E-state index in [1.54, 1.807) is 19.9 Å². The summed E-state index contributed by atoms with van der Waals surface area (Å²) < 4.78 is 25.1. The van der Waals surface area contributed by atoms with E-state index in [0.717, 1.165) is 5.69 Å². The van der Waals surface area contributed by atoms with E-state index in [2.05, 4.69) is 4.98 Å². The quantitative estimate of drug-likeness (QED) is 0.880. The van der Waals surface area contributed by atoms with Gasteiger partial charge in [0.2, 0.25) is 10.0 Å². The van der Waals surface area contributed by atoms with Crippen LogP contribution in [0.5, 0.6) is 0 Å². The van der Waals surface area contributed by atoms with Crippen LogP contribution in [0.3, 0.4) is 0 Å². The van der Waals surface area contributed by atoms with Crippen LogP contribution in [0, 0.1) is 13.8 Å². The molecular formula is C11H16N2O3S. The molecule has 1 amide bonds. The topological polar surface area (TPSA) is 76.1 Å². The third-order valence-corrected chi connectivity index (χ3v) is 4.06. The zero-order chi connectivity index (χ0) is 13.2. The Balaban J connectivity index is 2.99. The number of rotatable bonds is 3. The van der Waals surface area contributed by atoms with E-state index in [1.807, 2.05) is 4.72 Å². The highest BCUT2D eigenvalue weighted by atomic mass is 32.2. The van der Waals surface area contributed by atoms with Gasteiger partial charge in [0.15, 0.2) is 0 Å². The van der Waals surface area contributed by atoms with Crippen molar-refractivity contribution in [3.8, 4) is 0 Å². The van der Waals surface area contributed by atoms with Crippen molar-refractivity contribution in [3.05, 3.63) is 29.1 Å². The molecule has 0 fully saturated rings. The lowest BCUT2D eigenvalue weighted by atomic mass is 10.1. The standard InChI is InChI=1S/C11H16N2O3S/c1-7(2)17(15,16)13-11(14)10-6-12-9(4)5-8(10)3/h5-7H,1-4H3,(H,13,14). The van der Waals surface area contributed by atoms with Crippen LogP contribution in [0.4, 0.5) is 0 Å². The first-order chi connectivity index (χ1) is 7.74. The molecule has 1 N–H and O–H groups in total. The summed E-state index contributed by atoms with van der Waals surface area (Å²) in [5.41, 5.74) is 1.76. The average molecular weight is 256 g/mol. The van der Waals surface area contributed by atoms with E-state index in [9.17, 15) is 13.2 Å². The molecule has 0 atom stereocenters. The van der Waals surface area contributed by atoms with Gasteiger partial charge in [-0.15, -0.1) is 0 Å². The third kappa shape index (κ3) is 3.26. The van der Waals surface area contributed by atoms with Gasteiger partial charge in [-0.3, -0.25) is 9.78 Å². The number of hydrogen-bond donors (Lipinski definition) is 1. The monoisotopic (exact) mass is 256 g/mol. The number of carbonyl (C=O) groups is 1. The van der Waals surface area contributed by atoms with Gasteiger partial charge in [-0.25, -0.2) is 13.1 Å². The van der Waals surface area contributed by atoms with E-state index in [1.165, 1.54) is 20.0 Å². The average Bonchev–Trinajstić information content (AvgIpc) is 2.15. The van der Waals surface area contributed by atoms with E-state index in [-0.39, 0.29) is 5.56 Å². The third-order valence-electron chi connectivity index (χ3n) is 2.35. The van der Waals surface area contributed by atoms with Crippen molar-refractivity contribution in [3.63, 3.8) is 0 Å². The number of aryl methyl sites for hydroxylation is 2. The lowest BCUT2D eigenvalue weighted by Gasteiger charge is -2.10. The first kappa shape index (κ1) is 13.6. The van der Waals surface area contributed by atoms with E-state index in [0.29, 0.717) is 5.56 Å². The normalized spacial score (nSPS) is 11.6. The van der Waals surface area contributed by atoms with Crippen molar-refractivity contribution in [2.75, 3.05) is 0 Å². The molecule has 0 unspecified atom stereocenters. The number of pyridine rings is 1. The fraction of sp³-hybridized carbons (Fsp3) is 0.455. The zero-order valence-corrected chi connectivity index (χ0v) is 11.1. The van der Waals surface area contributed by atoms with Gasteiger partial charge in [0, 0.05) is 11.9 Å². The smallest absolute Gasteiger partial charge is 0.266 e. The van der Waals surface area contributed by atoms with Crippen molar-refractivity contribution >= 4 is 15.9 Å². The molecule has 0 aromatic carbocycles. The fourth-order valence-corrected chi connectivity index (χ4v) is 1.84. The number of nitrogens with one attached hydrogen (secondary N) is 1. The first-order valence-corrected chi connectivity index (χ1v) is 6.78. The van der Waals surface area contributed by atoms with E-state index < -0.39 is 21.2 Å². The summed E-state index contributed by atoms with van der Waals surface area (Å²) in [5, 5.41) is -0.648. The number of sulfonamides is 1. The predicted molar refractivity (Wildman–Crippen MR) is 65.2 cm³/mol. The van der Waals surface area contributed by atoms with E-state index >= 15 is 0 Å². The van der Waals surface area contributed by atoms with Crippen LogP contribution in [-0.4, -0.2) is 24.6 Å². The Kier molecular flexibility index (Phi) is 3.87. The van der Waals surface area contributed by atoms with Gasteiger partial charge in [-0.05, 0) is 39.3 Å². The minimum absolute atomic E-state index is 0.278. The molecule has 1 heterocycles. The second-order valence-corrected chi connectivity index (χ2v) is 6.40. The fourth-order valence-electron chi connectivity index (χ4n) is 1.24. The van der Waals surface area contributed by atoms with Gasteiger partial charge in [-0.2, -0.15) is 0 Å². The molecular weight excluding hydrogens is 240 g/mol. The molecule has 0 saturated heterocycles. The minimum atomic E-state index is -3.60. The second-order valence-electron chi connectivity index (χ2n) is 4.17. The highest BCUT2D eigenvalue weighted by Crippen LogP contribution is 2.08. The van der Waals surface area contributed by atoms with Crippen LogP contribution in [-0.2, 0) is 10.0 Å². The summed E-state index contributed by atoms with van der Waals surface area (Å²) in [4.78, 5) is 15.7. The summed E-state index contributed by atoms with van der Waals surface area (Å²) in [5.74, 6) is -0.635. The maximum Gasteiger partial charge on any atom is 0.266 e. The maximum atomic E-state index is 11.8. The van der Waals surface area contributed by atoms with Crippen molar-refractivity contribution < 1.29 is 13.2 Å². The number of nitrogens with zero attached hydrogens (tertiary/aromatic N) is 1. The predicted octanol–water partition coefficient (Wildman–Crippen LogP) is 1.17. The second kappa shape index (κ2) is 4.83. The summed E-state index contributed by atoms with van der Waals surface area (Å²) in [6.45, 7) is 6.57. The SMILES string of the molecule is Cc1cc(C)c(C(=O)NS(=O)(=O)C(C)C)cn1. The highest BCUT2D eigenvalue weighted by molar-refractivity contribution is 7.90. The Morgan fingerprint density at radius 2 is 1.94 bits per heavy atom. The number of carbonyl (C=O) groups excluding carboxylic acids is 1. The molecule has 0 saturated carbocycles. The summed E-state index contributed by atoms with van der Waals surface area (Å²) in [6.07, 6.45) is 1.38. The van der Waals surface area contributed by atoms with Crippen LogP contribution < -0.4 is 4.72 Å². The molecule has 0 radical (unpaired) electrons. The van der Waals surface area contributed by atoms with Crippen molar-refractivity contribution in [2.45, 2.75) is 32.9 Å². The van der Waals surface area contributed by atoms with Crippen LogP contribution in [0.1, 0.15) is 35.5 Å².